The van der Waals surface area contributed by atoms with Crippen LogP contribution in [0.15, 0.2) is 0 Å². The number of nitrogens with two attached hydrogens (primary N) is 2. The Kier molecular flexibility index (Phi) is 4.50. The molecule has 1 unspecified atom stereocenters. The van der Waals surface area contributed by atoms with Gasteiger partial charge < -0.3 is 16.9 Å². The van der Waals surface area contributed by atoms with Crippen LogP contribution in [0.1, 0.15) is 12.8 Å². The van der Waals surface area contributed by atoms with Gasteiger partial charge in [-0.2, -0.15) is 0 Å². The van der Waals surface area contributed by atoms with Gasteiger partial charge in [-0.25, -0.2) is 0 Å². The minimum absolute atomic E-state index is 0.0802. The van der Waals surface area contributed by atoms with Crippen LogP contribution < -0.4 is 11.5 Å². The average molecular weight is 115 g/mol. The molecule has 0 aliphatic rings. The zero-order valence-corrected chi connectivity index (χ0v) is 4.93. The summed E-state index contributed by atoms with van der Waals surface area (Å²) in [5.41, 5.74) is 10.6. The van der Waals surface area contributed by atoms with Gasteiger partial charge in [0.25, 0.3) is 0 Å². The zero-order chi connectivity index (χ0) is 6.41. The molecular weight excluding hydrogens is 102 g/mol. The maximum Gasteiger partial charge on any atom is 0.0166 e. The minimum Gasteiger partial charge on any atom is -0.329 e. The molecule has 0 amide bonds. The van der Waals surface area contributed by atoms with Crippen LogP contribution in [0.4, 0.5) is 0 Å². The Morgan fingerprint density at radius 2 is 2.25 bits per heavy atom. The van der Waals surface area contributed by atoms with E-state index in [1.807, 2.05) is 0 Å². The van der Waals surface area contributed by atoms with Gasteiger partial charge in [0.15, 0.2) is 0 Å². The van der Waals surface area contributed by atoms with Gasteiger partial charge in [-0.15, -0.1) is 0 Å². The SMILES string of the molecule is N=CCCC(N)CN. The molecule has 3 heteroatoms. The van der Waals surface area contributed by atoms with Crippen molar-refractivity contribution in [1.82, 2.24) is 0 Å². The van der Waals surface area contributed by atoms with E-state index < -0.39 is 0 Å². The highest BCUT2D eigenvalue weighted by molar-refractivity contribution is 5.52. The number of rotatable bonds is 4. The van der Waals surface area contributed by atoms with E-state index in [2.05, 4.69) is 0 Å². The van der Waals surface area contributed by atoms with Crippen LogP contribution in [-0.2, 0) is 0 Å². The topological polar surface area (TPSA) is 75.9 Å². The van der Waals surface area contributed by atoms with Crippen molar-refractivity contribution in [3.63, 3.8) is 0 Å². The van der Waals surface area contributed by atoms with Crippen LogP contribution in [0.5, 0.6) is 0 Å². The lowest BCUT2D eigenvalue weighted by molar-refractivity contribution is 0.641. The van der Waals surface area contributed by atoms with Gasteiger partial charge in [0.05, 0.1) is 0 Å². The molecule has 48 valence electrons. The predicted octanol–water partition coefficient (Wildman–Crippen LogP) is -0.298. The monoisotopic (exact) mass is 115 g/mol. The summed E-state index contributed by atoms with van der Waals surface area (Å²) >= 11 is 0. The number of hydrogen-bond donors (Lipinski definition) is 3. The summed E-state index contributed by atoms with van der Waals surface area (Å²) in [6, 6.07) is 0.0802. The smallest absolute Gasteiger partial charge is 0.0166 e. The molecule has 0 bridgehead atoms. The second kappa shape index (κ2) is 4.74. The van der Waals surface area contributed by atoms with Crippen molar-refractivity contribution < 1.29 is 0 Å². The maximum atomic E-state index is 6.65. The van der Waals surface area contributed by atoms with Gasteiger partial charge in [-0.3, -0.25) is 0 Å². The lowest BCUT2D eigenvalue weighted by Gasteiger charge is -2.03. The van der Waals surface area contributed by atoms with Crippen molar-refractivity contribution in [1.29, 1.82) is 5.41 Å². The molecule has 0 aliphatic carbocycles. The lowest BCUT2D eigenvalue weighted by Crippen LogP contribution is -2.29. The fourth-order valence-electron chi connectivity index (χ4n) is 0.415. The molecule has 0 aliphatic heterocycles. The highest BCUT2D eigenvalue weighted by atomic mass is 14.7. The van der Waals surface area contributed by atoms with Crippen LogP contribution >= 0.6 is 0 Å². The van der Waals surface area contributed by atoms with Crippen LogP contribution in [-0.4, -0.2) is 18.8 Å². The van der Waals surface area contributed by atoms with Crippen LogP contribution in [0.3, 0.4) is 0 Å². The predicted molar refractivity (Wildman–Crippen MR) is 35.0 cm³/mol. The molecule has 0 aromatic rings. The fraction of sp³-hybridized carbons (Fsp3) is 0.800. The molecular formula is C5H13N3. The molecule has 5 N–H and O–H groups in total. The molecule has 0 aromatic heterocycles. The average Bonchev–Trinajstić information content (AvgIpc) is 1.83. The van der Waals surface area contributed by atoms with E-state index in [9.17, 15) is 0 Å². The first-order chi connectivity index (χ1) is 3.81. The summed E-state index contributed by atoms with van der Waals surface area (Å²) < 4.78 is 0. The molecule has 0 saturated carbocycles. The summed E-state index contributed by atoms with van der Waals surface area (Å²) in [6.45, 7) is 0.522. The van der Waals surface area contributed by atoms with E-state index in [0.29, 0.717) is 6.54 Å². The van der Waals surface area contributed by atoms with Gasteiger partial charge in [0, 0.05) is 12.6 Å². The number of nitrogens with one attached hydrogen (secondary N) is 1. The van der Waals surface area contributed by atoms with Gasteiger partial charge in [0.1, 0.15) is 0 Å². The van der Waals surface area contributed by atoms with E-state index >= 15 is 0 Å². The Morgan fingerprint density at radius 1 is 1.62 bits per heavy atom. The summed E-state index contributed by atoms with van der Waals surface area (Å²) in [7, 11) is 0. The van der Waals surface area contributed by atoms with Crippen LogP contribution in [0, 0.1) is 5.41 Å². The van der Waals surface area contributed by atoms with Crippen molar-refractivity contribution >= 4 is 6.21 Å². The Bertz CT molecular complexity index is 62.7. The molecule has 0 heterocycles. The highest BCUT2D eigenvalue weighted by Crippen LogP contribution is 1.87. The molecule has 0 saturated heterocycles. The summed E-state index contributed by atoms with van der Waals surface area (Å²) in [5.74, 6) is 0. The van der Waals surface area contributed by atoms with Gasteiger partial charge >= 0.3 is 0 Å². The second-order valence-corrected chi connectivity index (χ2v) is 1.78. The Morgan fingerprint density at radius 3 is 2.62 bits per heavy atom. The van der Waals surface area contributed by atoms with Crippen LogP contribution in [0.25, 0.3) is 0 Å². The van der Waals surface area contributed by atoms with Crippen molar-refractivity contribution in [3.8, 4) is 0 Å². The van der Waals surface area contributed by atoms with Gasteiger partial charge in [-0.1, -0.05) is 0 Å². The highest BCUT2D eigenvalue weighted by Gasteiger charge is 1.94. The maximum absolute atomic E-state index is 6.65. The number of hydrogen-bond acceptors (Lipinski definition) is 3. The van der Waals surface area contributed by atoms with E-state index in [-0.39, 0.29) is 6.04 Å². The molecule has 0 fully saturated rings. The third-order valence-electron chi connectivity index (χ3n) is 0.985. The van der Waals surface area contributed by atoms with E-state index in [1.54, 1.807) is 0 Å². The Labute approximate surface area is 49.6 Å². The Hall–Kier alpha value is -0.410. The standard InChI is InChI=1S/C5H13N3/c6-3-1-2-5(8)4-7/h3,5-6H,1-2,4,7-8H2. The van der Waals surface area contributed by atoms with Crippen molar-refractivity contribution in [2.24, 2.45) is 11.5 Å². The quantitative estimate of drug-likeness (QED) is 0.440. The fourth-order valence-corrected chi connectivity index (χ4v) is 0.415. The Balaban J connectivity index is 2.97. The summed E-state index contributed by atoms with van der Waals surface area (Å²) in [4.78, 5) is 0. The summed E-state index contributed by atoms with van der Waals surface area (Å²) in [5, 5.41) is 6.65. The van der Waals surface area contributed by atoms with Crippen molar-refractivity contribution in [3.05, 3.63) is 0 Å². The van der Waals surface area contributed by atoms with E-state index in [0.717, 1.165) is 12.8 Å². The van der Waals surface area contributed by atoms with Gasteiger partial charge in [-0.05, 0) is 19.1 Å². The molecule has 0 radical (unpaired) electrons. The first-order valence-corrected chi connectivity index (χ1v) is 2.76. The van der Waals surface area contributed by atoms with Crippen molar-refractivity contribution in [2.45, 2.75) is 18.9 Å². The third-order valence-corrected chi connectivity index (χ3v) is 0.985. The zero-order valence-electron chi connectivity index (χ0n) is 4.93. The minimum atomic E-state index is 0.0802. The van der Waals surface area contributed by atoms with E-state index in [1.165, 1.54) is 6.21 Å². The molecule has 0 aromatic carbocycles. The first kappa shape index (κ1) is 7.59. The summed E-state index contributed by atoms with van der Waals surface area (Å²) in [6.07, 6.45) is 2.94. The largest absolute Gasteiger partial charge is 0.329 e. The molecule has 3 nitrogen and oxygen atoms in total. The van der Waals surface area contributed by atoms with Gasteiger partial charge in [0.2, 0.25) is 0 Å². The third kappa shape index (κ3) is 3.77. The molecule has 0 rings (SSSR count). The lowest BCUT2D eigenvalue weighted by atomic mass is 10.2. The molecule has 0 spiro atoms. The van der Waals surface area contributed by atoms with Crippen molar-refractivity contribution in [2.75, 3.05) is 6.54 Å². The normalized spacial score (nSPS) is 13.2. The molecule has 1 atom stereocenters. The van der Waals surface area contributed by atoms with E-state index in [4.69, 9.17) is 16.9 Å². The second-order valence-electron chi connectivity index (χ2n) is 1.78. The van der Waals surface area contributed by atoms with Crippen LogP contribution in [0.2, 0.25) is 0 Å². The first-order valence-electron chi connectivity index (χ1n) is 2.76. The molecule has 8 heavy (non-hydrogen) atoms.